The fourth-order valence-corrected chi connectivity index (χ4v) is 3.71. The summed E-state index contributed by atoms with van der Waals surface area (Å²) in [5.41, 5.74) is 3.03. The van der Waals surface area contributed by atoms with E-state index in [-0.39, 0.29) is 24.2 Å². The maximum absolute atomic E-state index is 12.5. The lowest BCUT2D eigenvalue weighted by molar-refractivity contribution is -0.136. The fourth-order valence-electron chi connectivity index (χ4n) is 2.97. The van der Waals surface area contributed by atoms with Crippen molar-refractivity contribution in [2.75, 3.05) is 20.1 Å². The highest BCUT2D eigenvalue weighted by atomic mass is 35.5. The largest absolute Gasteiger partial charge is 0.341 e. The van der Waals surface area contributed by atoms with E-state index in [1.165, 1.54) is 0 Å². The van der Waals surface area contributed by atoms with Gasteiger partial charge in [-0.2, -0.15) is 5.10 Å². The third-order valence-corrected chi connectivity index (χ3v) is 5.36. The minimum Gasteiger partial charge on any atom is -0.341 e. The third kappa shape index (κ3) is 3.67. The first-order valence-electron chi connectivity index (χ1n) is 8.36. The van der Waals surface area contributed by atoms with Gasteiger partial charge in [-0.25, -0.2) is 4.68 Å². The highest BCUT2D eigenvalue weighted by Gasteiger charge is 2.28. The minimum absolute atomic E-state index is 0. The molecular weight excluding hydrogens is 368 g/mol. The number of halogens is 1. The number of aromatic nitrogens is 2. The number of para-hydroxylation sites is 1. The van der Waals surface area contributed by atoms with Gasteiger partial charge in [0.15, 0.2) is 0 Å². The molecule has 0 saturated carbocycles. The lowest BCUT2D eigenvalue weighted by Gasteiger charge is -2.30. The molecule has 2 aromatic heterocycles. The van der Waals surface area contributed by atoms with Crippen molar-refractivity contribution in [1.82, 2.24) is 20.0 Å². The minimum atomic E-state index is 0. The van der Waals surface area contributed by atoms with Gasteiger partial charge in [-0.05, 0) is 23.6 Å². The summed E-state index contributed by atoms with van der Waals surface area (Å²) in [6.07, 6.45) is 2.03. The zero-order chi connectivity index (χ0) is 17.2. The van der Waals surface area contributed by atoms with Crippen LogP contribution >= 0.6 is 23.7 Å². The second kappa shape index (κ2) is 8.03. The summed E-state index contributed by atoms with van der Waals surface area (Å²) in [5, 5.41) is 10.0. The predicted molar refractivity (Wildman–Crippen MR) is 107 cm³/mol. The van der Waals surface area contributed by atoms with Crippen LogP contribution in [0.25, 0.3) is 16.3 Å². The van der Waals surface area contributed by atoms with Crippen LogP contribution < -0.4 is 5.32 Å². The second-order valence-electron chi connectivity index (χ2n) is 6.31. The summed E-state index contributed by atoms with van der Waals surface area (Å²) < 4.78 is 1.90. The van der Waals surface area contributed by atoms with Crippen molar-refractivity contribution < 1.29 is 4.79 Å². The van der Waals surface area contributed by atoms with Gasteiger partial charge in [0.25, 0.3) is 0 Å². The second-order valence-corrected chi connectivity index (χ2v) is 7.26. The van der Waals surface area contributed by atoms with Gasteiger partial charge < -0.3 is 10.2 Å². The van der Waals surface area contributed by atoms with Crippen molar-refractivity contribution in [2.45, 2.75) is 6.54 Å². The monoisotopic (exact) mass is 388 g/mol. The van der Waals surface area contributed by atoms with Crippen molar-refractivity contribution in [3.8, 4) is 16.3 Å². The molecule has 1 fully saturated rings. The average Bonchev–Trinajstić information content (AvgIpc) is 3.23. The summed E-state index contributed by atoms with van der Waals surface area (Å²) >= 11 is 1.67. The first-order chi connectivity index (χ1) is 12.2. The molecule has 3 heterocycles. The zero-order valence-electron chi connectivity index (χ0n) is 14.5. The Morgan fingerprint density at radius 1 is 1.27 bits per heavy atom. The number of hydrogen-bond donors (Lipinski definition) is 1. The Balaban J connectivity index is 0.00000196. The Morgan fingerprint density at radius 2 is 2.04 bits per heavy atom. The van der Waals surface area contributed by atoms with E-state index < -0.39 is 0 Å². The van der Waals surface area contributed by atoms with Gasteiger partial charge in [0.1, 0.15) is 5.69 Å². The topological polar surface area (TPSA) is 50.2 Å². The molecule has 0 unspecified atom stereocenters. The van der Waals surface area contributed by atoms with Crippen molar-refractivity contribution in [2.24, 2.45) is 5.92 Å². The zero-order valence-corrected chi connectivity index (χ0v) is 16.1. The lowest BCUT2D eigenvalue weighted by Crippen LogP contribution is -2.50. The number of carbonyl (C=O) groups is 1. The molecule has 26 heavy (non-hydrogen) atoms. The Morgan fingerprint density at radius 3 is 2.65 bits per heavy atom. The SMILES string of the molecule is CN(Cc1cn(-c2ccccc2)nc1-c1cccs1)C(=O)C1CNC1.Cl. The van der Waals surface area contributed by atoms with Crippen LogP contribution in [0.1, 0.15) is 5.56 Å². The molecule has 1 aliphatic heterocycles. The Bertz CT molecular complexity index is 859. The third-order valence-electron chi connectivity index (χ3n) is 4.48. The summed E-state index contributed by atoms with van der Waals surface area (Å²) in [6, 6.07) is 14.2. The molecule has 4 rings (SSSR count). The molecule has 7 heteroatoms. The number of benzene rings is 1. The quantitative estimate of drug-likeness (QED) is 0.730. The Kier molecular flexibility index (Phi) is 5.76. The summed E-state index contributed by atoms with van der Waals surface area (Å²) in [7, 11) is 1.87. The summed E-state index contributed by atoms with van der Waals surface area (Å²) in [6.45, 7) is 2.13. The molecule has 1 N–H and O–H groups in total. The molecule has 1 amide bonds. The highest BCUT2D eigenvalue weighted by molar-refractivity contribution is 7.13. The number of carbonyl (C=O) groups excluding carboxylic acids is 1. The van der Waals surface area contributed by atoms with Crippen LogP contribution in [0.4, 0.5) is 0 Å². The molecular formula is C19H21ClN4OS. The average molecular weight is 389 g/mol. The van der Waals surface area contributed by atoms with Crippen LogP contribution in [0.15, 0.2) is 54.0 Å². The first kappa shape index (κ1) is 18.6. The highest BCUT2D eigenvalue weighted by Crippen LogP contribution is 2.28. The van der Waals surface area contributed by atoms with E-state index in [4.69, 9.17) is 5.10 Å². The molecule has 0 radical (unpaired) electrons. The smallest absolute Gasteiger partial charge is 0.228 e. The summed E-state index contributed by atoms with van der Waals surface area (Å²) in [4.78, 5) is 15.4. The number of hydrogen-bond acceptors (Lipinski definition) is 4. The van der Waals surface area contributed by atoms with Crippen LogP contribution in [0.2, 0.25) is 0 Å². The molecule has 1 aliphatic rings. The van der Waals surface area contributed by atoms with Crippen LogP contribution in [0.3, 0.4) is 0 Å². The van der Waals surface area contributed by atoms with Gasteiger partial charge in [-0.15, -0.1) is 23.7 Å². The van der Waals surface area contributed by atoms with Gasteiger partial charge >= 0.3 is 0 Å². The van der Waals surface area contributed by atoms with Gasteiger partial charge in [0.05, 0.1) is 16.5 Å². The molecule has 0 aliphatic carbocycles. The molecule has 3 aromatic rings. The van der Waals surface area contributed by atoms with Crippen LogP contribution in [0.5, 0.6) is 0 Å². The summed E-state index contributed by atoms with van der Waals surface area (Å²) in [5.74, 6) is 0.308. The molecule has 1 aromatic carbocycles. The van der Waals surface area contributed by atoms with Crippen molar-refractivity contribution in [3.63, 3.8) is 0 Å². The van der Waals surface area contributed by atoms with Gasteiger partial charge in [-0.3, -0.25) is 4.79 Å². The number of nitrogens with zero attached hydrogens (tertiary/aromatic N) is 3. The van der Waals surface area contributed by atoms with E-state index in [0.29, 0.717) is 6.54 Å². The maximum Gasteiger partial charge on any atom is 0.228 e. The predicted octanol–water partition coefficient (Wildman–Crippen LogP) is 3.20. The fraction of sp³-hybridized carbons (Fsp3) is 0.263. The normalized spacial score (nSPS) is 13.7. The van der Waals surface area contributed by atoms with E-state index in [1.807, 2.05) is 59.2 Å². The molecule has 5 nitrogen and oxygen atoms in total. The van der Waals surface area contributed by atoms with Gasteiger partial charge in [-0.1, -0.05) is 24.3 Å². The van der Waals surface area contributed by atoms with E-state index in [0.717, 1.165) is 34.9 Å². The van der Waals surface area contributed by atoms with Gasteiger partial charge in [0.2, 0.25) is 5.91 Å². The van der Waals surface area contributed by atoms with Crippen LogP contribution in [-0.2, 0) is 11.3 Å². The number of thiophene rings is 1. The molecule has 136 valence electrons. The van der Waals surface area contributed by atoms with E-state index in [2.05, 4.69) is 16.8 Å². The van der Waals surface area contributed by atoms with Crippen molar-refractivity contribution >= 4 is 29.7 Å². The van der Waals surface area contributed by atoms with Crippen molar-refractivity contribution in [1.29, 1.82) is 0 Å². The van der Waals surface area contributed by atoms with E-state index in [9.17, 15) is 4.79 Å². The molecule has 1 saturated heterocycles. The lowest BCUT2D eigenvalue weighted by atomic mass is 10.0. The number of amides is 1. The van der Waals surface area contributed by atoms with E-state index >= 15 is 0 Å². The Hall–Kier alpha value is -2.15. The molecule has 0 atom stereocenters. The molecule has 0 bridgehead atoms. The molecule has 0 spiro atoms. The maximum atomic E-state index is 12.5. The Labute approximate surface area is 163 Å². The van der Waals surface area contributed by atoms with Crippen molar-refractivity contribution in [3.05, 3.63) is 59.6 Å². The number of rotatable bonds is 5. The van der Waals surface area contributed by atoms with Crippen LogP contribution in [-0.4, -0.2) is 40.7 Å². The van der Waals surface area contributed by atoms with Crippen LogP contribution in [0, 0.1) is 5.92 Å². The van der Waals surface area contributed by atoms with E-state index in [1.54, 1.807) is 11.3 Å². The van der Waals surface area contributed by atoms with Gasteiger partial charge in [0, 0.05) is 38.4 Å². The number of nitrogens with one attached hydrogen (secondary N) is 1. The first-order valence-corrected chi connectivity index (χ1v) is 9.24. The standard InChI is InChI=1S/C19H20N4OS.ClH/c1-22(19(24)14-10-20-11-14)12-15-13-23(16-6-3-2-4-7-16)21-18(15)17-8-5-9-25-17;/h2-9,13-14,20H,10-12H2,1H3;1H.